The molecule has 1 rings (SSSR count). The SMILES string of the molecule is C=C[SiH2]OC(OCC)C(OCC)N1CCCCC1. The van der Waals surface area contributed by atoms with Gasteiger partial charge in [-0.3, -0.25) is 4.90 Å². The molecule has 1 saturated heterocycles. The molecule has 1 aliphatic rings. The van der Waals surface area contributed by atoms with Gasteiger partial charge in [0.15, 0.2) is 22.3 Å². The van der Waals surface area contributed by atoms with Gasteiger partial charge in [0.1, 0.15) is 0 Å². The molecular formula is C13H27NO3Si. The zero-order chi connectivity index (χ0) is 13.2. The van der Waals surface area contributed by atoms with Crippen molar-refractivity contribution in [1.82, 2.24) is 4.90 Å². The molecule has 0 aromatic carbocycles. The predicted molar refractivity (Wildman–Crippen MR) is 76.1 cm³/mol. The van der Waals surface area contributed by atoms with Gasteiger partial charge < -0.3 is 13.9 Å². The Hall–Kier alpha value is -0.203. The minimum Gasteiger partial charge on any atom is -0.392 e. The Balaban J connectivity index is 2.60. The van der Waals surface area contributed by atoms with Crippen LogP contribution >= 0.6 is 0 Å². The van der Waals surface area contributed by atoms with Crippen molar-refractivity contribution in [2.75, 3.05) is 26.3 Å². The normalized spacial score (nSPS) is 21.2. The van der Waals surface area contributed by atoms with Crippen LogP contribution in [0.15, 0.2) is 12.3 Å². The summed E-state index contributed by atoms with van der Waals surface area (Å²) < 4.78 is 17.4. The lowest BCUT2D eigenvalue weighted by atomic mass is 10.1. The lowest BCUT2D eigenvalue weighted by Gasteiger charge is -2.38. The van der Waals surface area contributed by atoms with Gasteiger partial charge >= 0.3 is 0 Å². The van der Waals surface area contributed by atoms with Gasteiger partial charge in [-0.25, -0.2) is 0 Å². The highest BCUT2D eigenvalue weighted by Gasteiger charge is 2.29. The van der Waals surface area contributed by atoms with Crippen molar-refractivity contribution in [3.63, 3.8) is 0 Å². The van der Waals surface area contributed by atoms with Crippen LogP contribution in [0.2, 0.25) is 0 Å². The molecule has 0 bridgehead atoms. The average molecular weight is 273 g/mol. The van der Waals surface area contributed by atoms with E-state index in [2.05, 4.69) is 11.5 Å². The molecule has 0 saturated carbocycles. The lowest BCUT2D eigenvalue weighted by molar-refractivity contribution is -0.212. The van der Waals surface area contributed by atoms with Crippen molar-refractivity contribution >= 4 is 9.76 Å². The van der Waals surface area contributed by atoms with Crippen molar-refractivity contribution in [2.24, 2.45) is 0 Å². The van der Waals surface area contributed by atoms with Crippen LogP contribution in [0.5, 0.6) is 0 Å². The summed E-state index contributed by atoms with van der Waals surface area (Å²) in [5.74, 6) is 0. The quantitative estimate of drug-likeness (QED) is 0.470. The summed E-state index contributed by atoms with van der Waals surface area (Å²) in [6.45, 7) is 11.2. The maximum Gasteiger partial charge on any atom is 0.188 e. The fraction of sp³-hybridized carbons (Fsp3) is 0.846. The van der Waals surface area contributed by atoms with Crippen molar-refractivity contribution in [3.05, 3.63) is 12.3 Å². The number of rotatable bonds is 9. The van der Waals surface area contributed by atoms with Crippen LogP contribution < -0.4 is 0 Å². The van der Waals surface area contributed by atoms with E-state index in [0.29, 0.717) is 13.2 Å². The van der Waals surface area contributed by atoms with Crippen LogP contribution in [0.1, 0.15) is 33.1 Å². The first-order chi connectivity index (χ1) is 8.83. The molecule has 0 spiro atoms. The largest absolute Gasteiger partial charge is 0.392 e. The van der Waals surface area contributed by atoms with Crippen molar-refractivity contribution in [1.29, 1.82) is 0 Å². The van der Waals surface area contributed by atoms with Crippen LogP contribution in [0.4, 0.5) is 0 Å². The monoisotopic (exact) mass is 273 g/mol. The molecule has 18 heavy (non-hydrogen) atoms. The molecule has 0 aromatic rings. The van der Waals surface area contributed by atoms with Crippen LogP contribution in [0, 0.1) is 0 Å². The summed E-state index contributed by atoms with van der Waals surface area (Å²) in [5, 5.41) is 0. The van der Waals surface area contributed by atoms with Crippen molar-refractivity contribution in [3.8, 4) is 0 Å². The smallest absolute Gasteiger partial charge is 0.188 e. The highest BCUT2D eigenvalue weighted by molar-refractivity contribution is 6.34. The van der Waals surface area contributed by atoms with Gasteiger partial charge in [0, 0.05) is 26.3 Å². The van der Waals surface area contributed by atoms with E-state index < -0.39 is 9.76 Å². The third-order valence-electron chi connectivity index (χ3n) is 3.03. The van der Waals surface area contributed by atoms with E-state index in [9.17, 15) is 0 Å². The molecule has 0 aliphatic carbocycles. The Labute approximate surface area is 113 Å². The third-order valence-corrected chi connectivity index (χ3v) is 3.79. The van der Waals surface area contributed by atoms with Crippen LogP contribution in [-0.4, -0.2) is 53.5 Å². The summed E-state index contributed by atoms with van der Waals surface area (Å²) in [6.07, 6.45) is 3.46. The van der Waals surface area contributed by atoms with E-state index >= 15 is 0 Å². The van der Waals surface area contributed by atoms with Gasteiger partial charge in [-0.15, -0.1) is 6.58 Å². The topological polar surface area (TPSA) is 30.9 Å². The number of nitrogens with zero attached hydrogens (tertiary/aromatic N) is 1. The van der Waals surface area contributed by atoms with Gasteiger partial charge in [0.25, 0.3) is 0 Å². The molecule has 1 aliphatic heterocycles. The molecule has 5 heteroatoms. The Morgan fingerprint density at radius 1 is 1.17 bits per heavy atom. The number of hydrogen-bond acceptors (Lipinski definition) is 4. The van der Waals surface area contributed by atoms with E-state index in [1.807, 2.05) is 19.5 Å². The first-order valence-corrected chi connectivity index (χ1v) is 8.42. The first kappa shape index (κ1) is 15.9. The molecule has 2 atom stereocenters. The van der Waals surface area contributed by atoms with E-state index in [1.54, 1.807) is 0 Å². The third kappa shape index (κ3) is 5.20. The summed E-state index contributed by atoms with van der Waals surface area (Å²) in [5.41, 5.74) is 1.88. The van der Waals surface area contributed by atoms with Gasteiger partial charge in [-0.05, 0) is 26.7 Å². The molecular weight excluding hydrogens is 246 g/mol. The number of likely N-dealkylation sites (tertiary alicyclic amines) is 1. The Morgan fingerprint density at radius 2 is 1.83 bits per heavy atom. The van der Waals surface area contributed by atoms with Gasteiger partial charge in [-0.1, -0.05) is 12.1 Å². The van der Waals surface area contributed by atoms with Gasteiger partial charge in [-0.2, -0.15) is 0 Å². The molecule has 0 amide bonds. The first-order valence-electron chi connectivity index (χ1n) is 7.03. The van der Waals surface area contributed by atoms with Gasteiger partial charge in [0.2, 0.25) is 0 Å². The molecule has 4 nitrogen and oxygen atoms in total. The molecule has 106 valence electrons. The maximum absolute atomic E-state index is 5.86. The second kappa shape index (κ2) is 9.69. The molecule has 0 radical (unpaired) electrons. The summed E-state index contributed by atoms with van der Waals surface area (Å²) in [7, 11) is -0.709. The standard InChI is InChI=1S/C13H27NO3Si/c1-4-15-12(14-10-8-7-9-11-14)13(16-5-2)17-18-6-3/h6,12-13H,3-5,7-11,18H2,1-2H3. The summed E-state index contributed by atoms with van der Waals surface area (Å²) in [4.78, 5) is 2.35. The second-order valence-corrected chi connectivity index (χ2v) is 5.63. The Bertz CT molecular complexity index is 222. The molecule has 0 aromatic heterocycles. The highest BCUT2D eigenvalue weighted by Crippen LogP contribution is 2.18. The zero-order valence-corrected chi connectivity index (χ0v) is 13.2. The van der Waals surface area contributed by atoms with Crippen LogP contribution in [-0.2, 0) is 13.9 Å². The maximum atomic E-state index is 5.86. The minimum absolute atomic E-state index is 0.0669. The summed E-state index contributed by atoms with van der Waals surface area (Å²) in [6, 6.07) is 0. The zero-order valence-electron chi connectivity index (χ0n) is 11.8. The second-order valence-electron chi connectivity index (χ2n) is 4.39. The fourth-order valence-corrected chi connectivity index (χ4v) is 2.83. The predicted octanol–water partition coefficient (Wildman–Crippen LogP) is 1.44. The molecule has 2 unspecified atom stereocenters. The van der Waals surface area contributed by atoms with Gasteiger partial charge in [0.05, 0.1) is 0 Å². The lowest BCUT2D eigenvalue weighted by Crippen LogP contribution is -2.50. The Morgan fingerprint density at radius 3 is 2.39 bits per heavy atom. The fourth-order valence-electron chi connectivity index (χ4n) is 2.24. The van der Waals surface area contributed by atoms with E-state index in [4.69, 9.17) is 13.9 Å². The van der Waals surface area contributed by atoms with Crippen molar-refractivity contribution < 1.29 is 13.9 Å². The molecule has 1 heterocycles. The van der Waals surface area contributed by atoms with Crippen LogP contribution in [0.25, 0.3) is 0 Å². The number of piperidine rings is 1. The number of hydrogen-bond donors (Lipinski definition) is 0. The van der Waals surface area contributed by atoms with E-state index in [-0.39, 0.29) is 12.5 Å². The molecule has 0 N–H and O–H groups in total. The molecule has 1 fully saturated rings. The van der Waals surface area contributed by atoms with E-state index in [1.165, 1.54) is 19.3 Å². The van der Waals surface area contributed by atoms with Crippen LogP contribution in [0.3, 0.4) is 0 Å². The van der Waals surface area contributed by atoms with Crippen molar-refractivity contribution in [2.45, 2.75) is 45.6 Å². The highest BCUT2D eigenvalue weighted by atomic mass is 28.2. The van der Waals surface area contributed by atoms with E-state index in [0.717, 1.165) is 13.1 Å². The Kier molecular flexibility index (Phi) is 8.54. The number of ether oxygens (including phenoxy) is 2. The minimum atomic E-state index is -0.709. The average Bonchev–Trinajstić information content (AvgIpc) is 2.42. The summed E-state index contributed by atoms with van der Waals surface area (Å²) >= 11 is 0.